The molecule has 1 fully saturated rings. The molecule has 2 rings (SSSR count). The van der Waals surface area contributed by atoms with Crippen molar-refractivity contribution in [3.63, 3.8) is 0 Å². The Hall–Kier alpha value is -2.21. The van der Waals surface area contributed by atoms with Crippen LogP contribution < -0.4 is 5.48 Å². The highest BCUT2D eigenvalue weighted by molar-refractivity contribution is 5.93. The van der Waals surface area contributed by atoms with Gasteiger partial charge in [0.1, 0.15) is 6.10 Å². The summed E-state index contributed by atoms with van der Waals surface area (Å²) in [6.45, 7) is 3.17. The number of amides is 2. The molecular weight excluding hydrogens is 272 g/mol. The predicted octanol–water partition coefficient (Wildman–Crippen LogP) is 0.926. The fraction of sp³-hybridized carbons (Fsp3) is 0.400. The minimum Gasteiger partial charge on any atom is -0.330 e. The Kier molecular flexibility index (Phi) is 4.70. The van der Waals surface area contributed by atoms with Crippen molar-refractivity contribution in [2.24, 2.45) is 0 Å². The van der Waals surface area contributed by atoms with E-state index in [1.54, 1.807) is 24.3 Å². The van der Waals surface area contributed by atoms with Crippen molar-refractivity contribution in [2.75, 3.05) is 6.54 Å². The largest absolute Gasteiger partial charge is 0.330 e. The summed E-state index contributed by atoms with van der Waals surface area (Å²) in [6, 6.07) is 8.21. The van der Waals surface area contributed by atoms with Crippen molar-refractivity contribution >= 4 is 17.6 Å². The number of hydrogen-bond acceptors (Lipinski definition) is 4. The molecule has 0 unspecified atom stereocenters. The summed E-state index contributed by atoms with van der Waals surface area (Å²) in [5.74, 6) is -0.599. The molecule has 1 heterocycles. The van der Waals surface area contributed by atoms with Gasteiger partial charge in [-0.1, -0.05) is 18.2 Å². The molecule has 1 aliphatic rings. The van der Waals surface area contributed by atoms with E-state index in [-0.39, 0.29) is 23.7 Å². The van der Waals surface area contributed by atoms with Gasteiger partial charge in [-0.05, 0) is 19.1 Å². The first-order chi connectivity index (χ1) is 9.99. The minimum atomic E-state index is -0.471. The number of benzene rings is 1. The molecule has 0 aliphatic carbocycles. The molecule has 0 radical (unpaired) electrons. The summed E-state index contributed by atoms with van der Waals surface area (Å²) in [5, 5.41) is 0. The molecule has 2 amide bonds. The molecule has 1 aromatic carbocycles. The maximum absolute atomic E-state index is 11.8. The second-order valence-electron chi connectivity index (χ2n) is 5.07. The number of hydroxylamine groups is 1. The quantitative estimate of drug-likeness (QED) is 0.837. The highest BCUT2D eigenvalue weighted by atomic mass is 16.7. The number of ketones is 1. The average molecular weight is 290 g/mol. The van der Waals surface area contributed by atoms with E-state index in [0.717, 1.165) is 0 Å². The second-order valence-corrected chi connectivity index (χ2v) is 5.07. The van der Waals surface area contributed by atoms with Gasteiger partial charge in [-0.3, -0.25) is 19.2 Å². The van der Waals surface area contributed by atoms with E-state index < -0.39 is 6.04 Å². The standard InChI is InChI=1S/C15H18N2O4/c1-10(18)14-8-13(9-17(14)11(2)19)21-16-15(20)12-6-4-3-5-7-12/h3-7,13-14H,8-9H2,1-2H3,(H,16,20)/t13-,14+/m1/s1. The van der Waals surface area contributed by atoms with Crippen LogP contribution in [0, 0.1) is 0 Å². The highest BCUT2D eigenvalue weighted by Crippen LogP contribution is 2.20. The molecule has 6 heteroatoms. The molecule has 0 bridgehead atoms. The molecule has 2 atom stereocenters. The van der Waals surface area contributed by atoms with Crippen LogP contribution >= 0.6 is 0 Å². The Morgan fingerprint density at radius 2 is 1.86 bits per heavy atom. The lowest BCUT2D eigenvalue weighted by Gasteiger charge is -2.19. The number of nitrogens with one attached hydrogen (secondary N) is 1. The maximum Gasteiger partial charge on any atom is 0.274 e. The zero-order valence-electron chi connectivity index (χ0n) is 12.0. The summed E-state index contributed by atoms with van der Waals surface area (Å²) < 4.78 is 0. The van der Waals surface area contributed by atoms with Gasteiger partial charge in [0, 0.05) is 18.9 Å². The molecule has 1 saturated heterocycles. The Bertz CT molecular complexity index is 522. The molecule has 0 aromatic heterocycles. The van der Waals surface area contributed by atoms with Crippen molar-refractivity contribution in [3.8, 4) is 0 Å². The Morgan fingerprint density at radius 3 is 2.38 bits per heavy atom. The second kappa shape index (κ2) is 6.49. The van der Waals surface area contributed by atoms with Gasteiger partial charge in [0.05, 0.1) is 12.6 Å². The summed E-state index contributed by atoms with van der Waals surface area (Å²) in [6.07, 6.45) is 0.0136. The van der Waals surface area contributed by atoms with E-state index in [1.165, 1.54) is 18.7 Å². The fourth-order valence-electron chi connectivity index (χ4n) is 2.40. The Morgan fingerprint density at radius 1 is 1.19 bits per heavy atom. The Balaban J connectivity index is 1.91. The lowest BCUT2D eigenvalue weighted by atomic mass is 10.1. The van der Waals surface area contributed by atoms with Crippen molar-refractivity contribution in [1.82, 2.24) is 10.4 Å². The van der Waals surface area contributed by atoms with Gasteiger partial charge in [-0.15, -0.1) is 0 Å². The zero-order chi connectivity index (χ0) is 15.4. The van der Waals surface area contributed by atoms with E-state index in [1.807, 2.05) is 6.07 Å². The predicted molar refractivity (Wildman–Crippen MR) is 75.3 cm³/mol. The van der Waals surface area contributed by atoms with Gasteiger partial charge in [-0.25, -0.2) is 5.48 Å². The first kappa shape index (κ1) is 15.2. The van der Waals surface area contributed by atoms with Crippen LogP contribution in [0.3, 0.4) is 0 Å². The third kappa shape index (κ3) is 3.66. The molecule has 0 saturated carbocycles. The van der Waals surface area contributed by atoms with Gasteiger partial charge in [0.25, 0.3) is 5.91 Å². The van der Waals surface area contributed by atoms with Crippen LogP contribution in [0.5, 0.6) is 0 Å². The summed E-state index contributed by atoms with van der Waals surface area (Å²) in [4.78, 5) is 41.7. The van der Waals surface area contributed by atoms with Crippen LogP contribution in [-0.4, -0.2) is 41.2 Å². The van der Waals surface area contributed by atoms with Gasteiger partial charge in [0.15, 0.2) is 5.78 Å². The third-order valence-electron chi connectivity index (χ3n) is 3.49. The first-order valence-corrected chi connectivity index (χ1v) is 6.77. The van der Waals surface area contributed by atoms with E-state index in [0.29, 0.717) is 18.5 Å². The van der Waals surface area contributed by atoms with Crippen LogP contribution in [0.1, 0.15) is 30.6 Å². The average Bonchev–Trinajstić information content (AvgIpc) is 2.90. The maximum atomic E-state index is 11.8. The molecule has 21 heavy (non-hydrogen) atoms. The van der Waals surface area contributed by atoms with Crippen molar-refractivity contribution in [1.29, 1.82) is 0 Å². The van der Waals surface area contributed by atoms with Crippen LogP contribution in [0.25, 0.3) is 0 Å². The number of rotatable bonds is 4. The van der Waals surface area contributed by atoms with Crippen LogP contribution in [-0.2, 0) is 14.4 Å². The number of likely N-dealkylation sites (tertiary alicyclic amines) is 1. The molecule has 0 spiro atoms. The number of carbonyl (C=O) groups excluding carboxylic acids is 3. The van der Waals surface area contributed by atoms with Gasteiger partial charge < -0.3 is 4.90 Å². The summed E-state index contributed by atoms with van der Waals surface area (Å²) >= 11 is 0. The van der Waals surface area contributed by atoms with Crippen molar-refractivity contribution in [3.05, 3.63) is 35.9 Å². The SMILES string of the molecule is CC(=O)[C@@H]1C[C@@H](ONC(=O)c2ccccc2)CN1C(C)=O. The molecule has 1 N–H and O–H groups in total. The molecule has 1 aromatic rings. The first-order valence-electron chi connectivity index (χ1n) is 6.77. The van der Waals surface area contributed by atoms with E-state index in [9.17, 15) is 14.4 Å². The molecule has 112 valence electrons. The van der Waals surface area contributed by atoms with Crippen LogP contribution in [0.2, 0.25) is 0 Å². The number of Topliss-reactive ketones (excluding diaryl/α,β-unsaturated/α-hetero) is 1. The fourth-order valence-corrected chi connectivity index (χ4v) is 2.40. The third-order valence-corrected chi connectivity index (χ3v) is 3.49. The van der Waals surface area contributed by atoms with Gasteiger partial charge in [-0.2, -0.15) is 0 Å². The van der Waals surface area contributed by atoms with E-state index in [2.05, 4.69) is 5.48 Å². The normalized spacial score (nSPS) is 21.1. The van der Waals surface area contributed by atoms with E-state index >= 15 is 0 Å². The monoisotopic (exact) mass is 290 g/mol. The summed E-state index contributed by atoms with van der Waals surface area (Å²) in [7, 11) is 0. The highest BCUT2D eigenvalue weighted by Gasteiger charge is 2.37. The van der Waals surface area contributed by atoms with Gasteiger partial charge in [0.2, 0.25) is 5.91 Å². The molecule has 6 nitrogen and oxygen atoms in total. The topological polar surface area (TPSA) is 75.7 Å². The van der Waals surface area contributed by atoms with E-state index in [4.69, 9.17) is 4.84 Å². The Labute approximate surface area is 123 Å². The van der Waals surface area contributed by atoms with Crippen LogP contribution in [0.4, 0.5) is 0 Å². The smallest absolute Gasteiger partial charge is 0.274 e. The summed E-state index contributed by atoms with van der Waals surface area (Å²) in [5.41, 5.74) is 2.86. The zero-order valence-corrected chi connectivity index (χ0v) is 12.0. The number of nitrogens with zero attached hydrogens (tertiary/aromatic N) is 1. The number of hydrogen-bond donors (Lipinski definition) is 1. The van der Waals surface area contributed by atoms with Crippen LogP contribution in [0.15, 0.2) is 30.3 Å². The van der Waals surface area contributed by atoms with Crippen molar-refractivity contribution < 1.29 is 19.2 Å². The lowest BCUT2D eigenvalue weighted by molar-refractivity contribution is -0.135. The minimum absolute atomic E-state index is 0.0781. The van der Waals surface area contributed by atoms with Crippen molar-refractivity contribution in [2.45, 2.75) is 32.4 Å². The van der Waals surface area contributed by atoms with Gasteiger partial charge >= 0.3 is 0 Å². The number of carbonyl (C=O) groups is 3. The molecular formula is C15H18N2O4. The lowest BCUT2D eigenvalue weighted by Crippen LogP contribution is -2.38. The molecule has 1 aliphatic heterocycles.